The van der Waals surface area contributed by atoms with Gasteiger partial charge in [-0.15, -0.1) is 23.2 Å². The highest BCUT2D eigenvalue weighted by Crippen LogP contribution is 2.54. The molecule has 0 radical (unpaired) electrons. The summed E-state index contributed by atoms with van der Waals surface area (Å²) in [6.07, 6.45) is 0.820. The maximum atomic E-state index is 11.7. The van der Waals surface area contributed by atoms with Crippen molar-refractivity contribution < 1.29 is 9.53 Å². The van der Waals surface area contributed by atoms with Crippen LogP contribution in [0.15, 0.2) is 24.3 Å². The average Bonchev–Trinajstić information content (AvgIpc) is 2.97. The second kappa shape index (κ2) is 6.25. The molecule has 6 heteroatoms. The fourth-order valence-electron chi connectivity index (χ4n) is 1.64. The van der Waals surface area contributed by atoms with E-state index in [-0.39, 0.29) is 5.91 Å². The number of hydrogen-bond donors (Lipinski definition) is 1. The molecule has 3 nitrogen and oxygen atoms in total. The number of methoxy groups -OCH3 is 1. The van der Waals surface area contributed by atoms with Gasteiger partial charge in [0.05, 0.1) is 12.9 Å². The molecule has 1 amide bonds. The van der Waals surface area contributed by atoms with Crippen LogP contribution >= 0.6 is 35.0 Å². The number of nitrogens with one attached hydrogen (secondary N) is 1. The highest BCUT2D eigenvalue weighted by atomic mass is 35.5. The quantitative estimate of drug-likeness (QED) is 0.815. The molecule has 0 aliphatic heterocycles. The first-order valence-electron chi connectivity index (χ1n) is 5.91. The summed E-state index contributed by atoms with van der Waals surface area (Å²) in [6, 6.07) is 7.28. The van der Waals surface area contributed by atoms with E-state index in [2.05, 4.69) is 5.32 Å². The standard InChI is InChI=1S/C13H15Cl2NO2S/c1-18-11-4-2-3-10(5-11)16-12(17)8-19-7-9-6-13(9,14)15/h2-5,9H,6-8H2,1H3,(H,16,17)/t9-/m1/s1. The lowest BCUT2D eigenvalue weighted by molar-refractivity contribution is -0.113. The van der Waals surface area contributed by atoms with Crippen molar-refractivity contribution in [3.63, 3.8) is 0 Å². The van der Waals surface area contributed by atoms with E-state index in [1.54, 1.807) is 24.9 Å². The third-order valence-electron chi connectivity index (χ3n) is 2.86. The number of anilines is 1. The summed E-state index contributed by atoms with van der Waals surface area (Å²) in [4.78, 5) is 11.7. The summed E-state index contributed by atoms with van der Waals surface area (Å²) < 4.78 is 4.54. The highest BCUT2D eigenvalue weighted by Gasteiger charge is 2.51. The topological polar surface area (TPSA) is 38.3 Å². The van der Waals surface area contributed by atoms with E-state index in [0.29, 0.717) is 11.7 Å². The number of carbonyl (C=O) groups excluding carboxylic acids is 1. The molecule has 1 N–H and O–H groups in total. The maximum Gasteiger partial charge on any atom is 0.234 e. The minimum Gasteiger partial charge on any atom is -0.497 e. The van der Waals surface area contributed by atoms with Gasteiger partial charge < -0.3 is 10.1 Å². The summed E-state index contributed by atoms with van der Waals surface area (Å²) in [5, 5.41) is 2.83. The van der Waals surface area contributed by atoms with Crippen LogP contribution in [0.1, 0.15) is 6.42 Å². The number of carbonyl (C=O) groups is 1. The van der Waals surface area contributed by atoms with E-state index in [1.165, 1.54) is 0 Å². The molecule has 1 aromatic carbocycles. The smallest absolute Gasteiger partial charge is 0.234 e. The van der Waals surface area contributed by atoms with Gasteiger partial charge in [-0.2, -0.15) is 11.8 Å². The van der Waals surface area contributed by atoms with E-state index in [4.69, 9.17) is 27.9 Å². The summed E-state index contributed by atoms with van der Waals surface area (Å²) in [6.45, 7) is 0. The number of alkyl halides is 2. The van der Waals surface area contributed by atoms with Gasteiger partial charge in [0, 0.05) is 17.7 Å². The maximum absolute atomic E-state index is 11.7. The summed E-state index contributed by atoms with van der Waals surface area (Å²) in [5.41, 5.74) is 0.736. The van der Waals surface area contributed by atoms with Crippen molar-refractivity contribution in [1.29, 1.82) is 0 Å². The predicted octanol–water partition coefficient (Wildman–Crippen LogP) is 3.56. The molecule has 0 aromatic heterocycles. The Balaban J connectivity index is 1.72. The van der Waals surface area contributed by atoms with E-state index in [9.17, 15) is 4.79 Å². The first-order valence-corrected chi connectivity index (χ1v) is 7.82. The van der Waals surface area contributed by atoms with Gasteiger partial charge >= 0.3 is 0 Å². The van der Waals surface area contributed by atoms with Crippen LogP contribution in [0.2, 0.25) is 0 Å². The molecule has 0 spiro atoms. The third-order valence-corrected chi connectivity index (χ3v) is 4.89. The molecule has 1 atom stereocenters. The Morgan fingerprint density at radius 1 is 1.58 bits per heavy atom. The Morgan fingerprint density at radius 3 is 2.95 bits per heavy atom. The summed E-state index contributed by atoms with van der Waals surface area (Å²) in [5.74, 6) is 2.22. The minimum absolute atomic E-state index is 0.0337. The van der Waals surface area contributed by atoms with Crippen molar-refractivity contribution in [1.82, 2.24) is 0 Å². The zero-order chi connectivity index (χ0) is 13.9. The van der Waals surface area contributed by atoms with Gasteiger partial charge in [-0.1, -0.05) is 6.07 Å². The van der Waals surface area contributed by atoms with Crippen LogP contribution in [-0.4, -0.2) is 28.9 Å². The van der Waals surface area contributed by atoms with Gasteiger partial charge in [-0.05, 0) is 24.3 Å². The lowest BCUT2D eigenvalue weighted by Crippen LogP contribution is -2.14. The second-order valence-corrected chi connectivity index (χ2v) is 7.03. The van der Waals surface area contributed by atoms with Gasteiger partial charge in [0.15, 0.2) is 0 Å². The van der Waals surface area contributed by atoms with Crippen LogP contribution in [0, 0.1) is 5.92 Å². The first kappa shape index (κ1) is 14.8. The molecule has 0 bridgehead atoms. The molecule has 104 valence electrons. The number of amides is 1. The summed E-state index contributed by atoms with van der Waals surface area (Å²) >= 11 is 13.4. The van der Waals surface area contributed by atoms with E-state index in [0.717, 1.165) is 23.6 Å². The largest absolute Gasteiger partial charge is 0.497 e. The van der Waals surface area contributed by atoms with Gasteiger partial charge in [0.2, 0.25) is 5.91 Å². The molecule has 1 saturated carbocycles. The van der Waals surface area contributed by atoms with Crippen molar-refractivity contribution >= 4 is 46.6 Å². The van der Waals surface area contributed by atoms with Crippen molar-refractivity contribution in [3.8, 4) is 5.75 Å². The predicted molar refractivity (Wildman–Crippen MR) is 81.5 cm³/mol. The van der Waals surface area contributed by atoms with Crippen LogP contribution in [-0.2, 0) is 4.79 Å². The van der Waals surface area contributed by atoms with Crippen molar-refractivity contribution in [2.75, 3.05) is 23.9 Å². The van der Waals surface area contributed by atoms with Crippen LogP contribution in [0.5, 0.6) is 5.75 Å². The number of ether oxygens (including phenoxy) is 1. The third kappa shape index (κ3) is 4.48. The second-order valence-electron chi connectivity index (χ2n) is 4.46. The number of rotatable bonds is 6. The molecular weight excluding hydrogens is 305 g/mol. The molecule has 0 saturated heterocycles. The Labute approximate surface area is 127 Å². The van der Waals surface area contributed by atoms with Gasteiger partial charge in [-0.25, -0.2) is 0 Å². The number of halogens is 2. The van der Waals surface area contributed by atoms with Crippen LogP contribution in [0.4, 0.5) is 5.69 Å². The van der Waals surface area contributed by atoms with Crippen LogP contribution in [0.3, 0.4) is 0 Å². The molecule has 1 aliphatic rings. The summed E-state index contributed by atoms with van der Waals surface area (Å²) in [7, 11) is 1.59. The zero-order valence-corrected chi connectivity index (χ0v) is 12.8. The Hall–Kier alpha value is -0.580. The fourth-order valence-corrected chi connectivity index (χ4v) is 3.41. The van der Waals surface area contributed by atoms with E-state index in [1.807, 2.05) is 18.2 Å². The Morgan fingerprint density at radius 2 is 2.32 bits per heavy atom. The van der Waals surface area contributed by atoms with Gasteiger partial charge in [0.25, 0.3) is 0 Å². The van der Waals surface area contributed by atoms with Gasteiger partial charge in [-0.3, -0.25) is 4.79 Å². The Kier molecular flexibility index (Phi) is 4.87. The zero-order valence-electron chi connectivity index (χ0n) is 10.5. The van der Waals surface area contributed by atoms with E-state index >= 15 is 0 Å². The van der Waals surface area contributed by atoms with Crippen LogP contribution in [0.25, 0.3) is 0 Å². The number of hydrogen-bond acceptors (Lipinski definition) is 3. The Bertz CT molecular complexity index is 468. The molecule has 19 heavy (non-hydrogen) atoms. The lowest BCUT2D eigenvalue weighted by atomic mass is 10.3. The molecular formula is C13H15Cl2NO2S. The minimum atomic E-state index is -0.559. The molecule has 1 aromatic rings. The normalized spacial score (nSPS) is 19.8. The molecule has 2 rings (SSSR count). The van der Waals surface area contributed by atoms with Gasteiger partial charge in [0.1, 0.15) is 10.1 Å². The SMILES string of the molecule is COc1cccc(NC(=O)CSC[C@H]2CC2(Cl)Cl)c1. The van der Waals surface area contributed by atoms with Crippen LogP contribution < -0.4 is 10.1 Å². The highest BCUT2D eigenvalue weighted by molar-refractivity contribution is 8.00. The lowest BCUT2D eigenvalue weighted by Gasteiger charge is -2.07. The molecule has 0 unspecified atom stereocenters. The molecule has 1 fully saturated rings. The van der Waals surface area contributed by atoms with Crippen molar-refractivity contribution in [2.24, 2.45) is 5.92 Å². The fraction of sp³-hybridized carbons (Fsp3) is 0.462. The first-order chi connectivity index (χ1) is 9.01. The monoisotopic (exact) mass is 319 g/mol. The van der Waals surface area contributed by atoms with Crippen molar-refractivity contribution in [3.05, 3.63) is 24.3 Å². The number of benzene rings is 1. The number of thioether (sulfide) groups is 1. The molecule has 1 aliphatic carbocycles. The van der Waals surface area contributed by atoms with E-state index < -0.39 is 4.33 Å². The van der Waals surface area contributed by atoms with Crippen molar-refractivity contribution in [2.45, 2.75) is 10.8 Å². The molecule has 0 heterocycles. The average molecular weight is 320 g/mol.